The van der Waals surface area contributed by atoms with E-state index in [1.54, 1.807) is 0 Å². The Hall–Kier alpha value is -0.820. The number of hydrogen-bond acceptors (Lipinski definition) is 2. The van der Waals surface area contributed by atoms with E-state index in [1.165, 1.54) is 18.4 Å². The minimum atomic E-state index is 0. The summed E-state index contributed by atoms with van der Waals surface area (Å²) < 4.78 is 5.70. The zero-order valence-electron chi connectivity index (χ0n) is 15.5. The molecule has 0 aliphatic carbocycles. The maximum atomic E-state index is 5.70. The molecule has 1 rings (SSSR count). The van der Waals surface area contributed by atoms with Gasteiger partial charge in [0.05, 0.1) is 6.61 Å². The molecule has 24 heavy (non-hydrogen) atoms. The number of aliphatic imine (C=N–C) groups is 1. The SMILES string of the molecule is CCCCN(C)C(=NC)NCCCCOCCc1ccccc1.I. The summed E-state index contributed by atoms with van der Waals surface area (Å²) in [6.07, 6.45) is 5.59. The molecular formula is C19H34IN3O. The highest BCUT2D eigenvalue weighted by molar-refractivity contribution is 14.0. The average molecular weight is 447 g/mol. The van der Waals surface area contributed by atoms with Gasteiger partial charge in [-0.2, -0.15) is 0 Å². The van der Waals surface area contributed by atoms with Gasteiger partial charge in [0, 0.05) is 33.8 Å². The van der Waals surface area contributed by atoms with Gasteiger partial charge in [-0.3, -0.25) is 4.99 Å². The molecular weight excluding hydrogens is 413 g/mol. The molecule has 4 nitrogen and oxygen atoms in total. The van der Waals surface area contributed by atoms with Gasteiger partial charge in [-0.05, 0) is 31.2 Å². The fourth-order valence-electron chi connectivity index (χ4n) is 2.35. The van der Waals surface area contributed by atoms with Crippen molar-refractivity contribution in [2.24, 2.45) is 4.99 Å². The Bertz CT molecular complexity index is 426. The van der Waals surface area contributed by atoms with E-state index in [0.29, 0.717) is 0 Å². The highest BCUT2D eigenvalue weighted by Crippen LogP contribution is 2.00. The van der Waals surface area contributed by atoms with Crippen LogP contribution in [0.5, 0.6) is 0 Å². The zero-order valence-corrected chi connectivity index (χ0v) is 17.8. The monoisotopic (exact) mass is 447 g/mol. The predicted octanol–water partition coefficient (Wildman–Crippen LogP) is 3.95. The highest BCUT2D eigenvalue weighted by atomic mass is 127. The van der Waals surface area contributed by atoms with E-state index in [9.17, 15) is 0 Å². The number of hydrogen-bond donors (Lipinski definition) is 1. The lowest BCUT2D eigenvalue weighted by atomic mass is 10.2. The third kappa shape index (κ3) is 10.9. The normalized spacial score (nSPS) is 11.0. The van der Waals surface area contributed by atoms with E-state index >= 15 is 0 Å². The molecule has 0 fully saturated rings. The average Bonchev–Trinajstić information content (AvgIpc) is 2.59. The number of nitrogens with one attached hydrogen (secondary N) is 1. The van der Waals surface area contributed by atoms with Gasteiger partial charge in [0.15, 0.2) is 5.96 Å². The molecule has 1 N–H and O–H groups in total. The maximum absolute atomic E-state index is 5.70. The Balaban J connectivity index is 0.00000529. The van der Waals surface area contributed by atoms with Crippen molar-refractivity contribution in [3.05, 3.63) is 35.9 Å². The second-order valence-corrected chi connectivity index (χ2v) is 5.80. The third-order valence-corrected chi connectivity index (χ3v) is 3.80. The van der Waals surface area contributed by atoms with Crippen LogP contribution in [0.2, 0.25) is 0 Å². The highest BCUT2D eigenvalue weighted by Gasteiger charge is 2.03. The van der Waals surface area contributed by atoms with Crippen molar-refractivity contribution >= 4 is 29.9 Å². The second kappa shape index (κ2) is 15.7. The third-order valence-electron chi connectivity index (χ3n) is 3.80. The summed E-state index contributed by atoms with van der Waals surface area (Å²) in [6.45, 7) is 5.85. The number of ether oxygens (including phenoxy) is 1. The molecule has 0 amide bonds. The molecule has 0 saturated heterocycles. The van der Waals surface area contributed by atoms with E-state index in [2.05, 4.69) is 53.4 Å². The lowest BCUT2D eigenvalue weighted by Crippen LogP contribution is -2.39. The Morgan fingerprint density at radius 3 is 2.54 bits per heavy atom. The molecule has 1 aromatic rings. The van der Waals surface area contributed by atoms with E-state index in [1.807, 2.05) is 13.1 Å². The molecule has 0 aliphatic rings. The molecule has 0 aromatic heterocycles. The number of benzene rings is 1. The molecule has 0 spiro atoms. The van der Waals surface area contributed by atoms with Gasteiger partial charge in [-0.25, -0.2) is 0 Å². The Morgan fingerprint density at radius 2 is 1.88 bits per heavy atom. The largest absolute Gasteiger partial charge is 0.381 e. The zero-order chi connectivity index (χ0) is 16.8. The summed E-state index contributed by atoms with van der Waals surface area (Å²) in [4.78, 5) is 6.52. The van der Waals surface area contributed by atoms with Crippen molar-refractivity contribution in [2.45, 2.75) is 39.0 Å². The fourth-order valence-corrected chi connectivity index (χ4v) is 2.35. The van der Waals surface area contributed by atoms with Crippen molar-refractivity contribution in [1.82, 2.24) is 10.2 Å². The summed E-state index contributed by atoms with van der Waals surface area (Å²) >= 11 is 0. The Morgan fingerprint density at radius 1 is 1.12 bits per heavy atom. The number of guanidine groups is 1. The Labute approximate surface area is 165 Å². The van der Waals surface area contributed by atoms with Crippen LogP contribution in [0.4, 0.5) is 0 Å². The molecule has 5 heteroatoms. The number of nitrogens with zero attached hydrogens (tertiary/aromatic N) is 2. The molecule has 0 heterocycles. The van der Waals surface area contributed by atoms with Gasteiger partial charge < -0.3 is 15.0 Å². The molecule has 0 radical (unpaired) electrons. The van der Waals surface area contributed by atoms with Crippen molar-refractivity contribution in [2.75, 3.05) is 40.4 Å². The smallest absolute Gasteiger partial charge is 0.193 e. The maximum Gasteiger partial charge on any atom is 0.193 e. The van der Waals surface area contributed by atoms with Gasteiger partial charge >= 0.3 is 0 Å². The van der Waals surface area contributed by atoms with Crippen LogP contribution in [-0.4, -0.2) is 51.3 Å². The summed E-state index contributed by atoms with van der Waals surface area (Å²) in [5.41, 5.74) is 1.34. The molecule has 0 atom stereocenters. The topological polar surface area (TPSA) is 36.9 Å². The fraction of sp³-hybridized carbons (Fsp3) is 0.632. The lowest BCUT2D eigenvalue weighted by Gasteiger charge is -2.21. The van der Waals surface area contributed by atoms with Crippen LogP contribution in [0.1, 0.15) is 38.2 Å². The van der Waals surface area contributed by atoms with E-state index < -0.39 is 0 Å². The van der Waals surface area contributed by atoms with Crippen molar-refractivity contribution in [3.63, 3.8) is 0 Å². The van der Waals surface area contributed by atoms with Crippen LogP contribution in [-0.2, 0) is 11.2 Å². The van der Waals surface area contributed by atoms with Crippen molar-refractivity contribution in [1.29, 1.82) is 0 Å². The lowest BCUT2D eigenvalue weighted by molar-refractivity contribution is 0.133. The van der Waals surface area contributed by atoms with E-state index in [-0.39, 0.29) is 24.0 Å². The van der Waals surface area contributed by atoms with E-state index in [0.717, 1.165) is 51.5 Å². The van der Waals surface area contributed by atoms with Crippen molar-refractivity contribution in [3.8, 4) is 0 Å². The molecule has 1 aromatic carbocycles. The van der Waals surface area contributed by atoms with Gasteiger partial charge in [0.2, 0.25) is 0 Å². The summed E-state index contributed by atoms with van der Waals surface area (Å²) in [7, 11) is 3.94. The minimum Gasteiger partial charge on any atom is -0.381 e. The van der Waals surface area contributed by atoms with Crippen LogP contribution < -0.4 is 5.32 Å². The number of unbranched alkanes of at least 4 members (excludes halogenated alkanes) is 2. The van der Waals surface area contributed by atoms with Gasteiger partial charge in [-0.15, -0.1) is 24.0 Å². The standard InChI is InChI=1S/C19H33N3O.HI/c1-4-5-15-22(3)19(20-2)21-14-9-10-16-23-17-13-18-11-7-6-8-12-18;/h6-8,11-12H,4-5,9-10,13-17H2,1-3H3,(H,20,21);1H. The molecule has 138 valence electrons. The van der Waals surface area contributed by atoms with Crippen LogP contribution in [0.3, 0.4) is 0 Å². The molecule has 0 bridgehead atoms. The number of halogens is 1. The first kappa shape index (κ1) is 23.2. The second-order valence-electron chi connectivity index (χ2n) is 5.80. The quantitative estimate of drug-likeness (QED) is 0.242. The van der Waals surface area contributed by atoms with Crippen LogP contribution in [0, 0.1) is 0 Å². The molecule has 0 saturated carbocycles. The first-order valence-corrected chi connectivity index (χ1v) is 8.81. The van der Waals surface area contributed by atoms with E-state index in [4.69, 9.17) is 4.74 Å². The van der Waals surface area contributed by atoms with Crippen LogP contribution in [0.15, 0.2) is 35.3 Å². The minimum absolute atomic E-state index is 0. The van der Waals surface area contributed by atoms with Crippen LogP contribution >= 0.6 is 24.0 Å². The van der Waals surface area contributed by atoms with Crippen molar-refractivity contribution < 1.29 is 4.74 Å². The van der Waals surface area contributed by atoms with Crippen LogP contribution in [0.25, 0.3) is 0 Å². The predicted molar refractivity (Wildman–Crippen MR) is 115 cm³/mol. The number of rotatable bonds is 11. The summed E-state index contributed by atoms with van der Waals surface area (Å²) in [5.74, 6) is 0.989. The summed E-state index contributed by atoms with van der Waals surface area (Å²) in [5, 5.41) is 3.42. The van der Waals surface area contributed by atoms with Gasteiger partial charge in [0.1, 0.15) is 0 Å². The summed E-state index contributed by atoms with van der Waals surface area (Å²) in [6, 6.07) is 10.5. The Kier molecular flexibility index (Phi) is 15.2. The van der Waals surface area contributed by atoms with Gasteiger partial charge in [0.25, 0.3) is 0 Å². The first-order valence-electron chi connectivity index (χ1n) is 8.81. The first-order chi connectivity index (χ1) is 11.3. The van der Waals surface area contributed by atoms with Gasteiger partial charge in [-0.1, -0.05) is 43.7 Å². The molecule has 0 aliphatic heterocycles. The molecule has 0 unspecified atom stereocenters.